The predicted molar refractivity (Wildman–Crippen MR) is 57.3 cm³/mol. The highest BCUT2D eigenvalue weighted by atomic mass is 16.2. The van der Waals surface area contributed by atoms with Gasteiger partial charge in [0.1, 0.15) is 0 Å². The molecule has 0 spiro atoms. The normalized spacial score (nSPS) is 20.1. The third kappa shape index (κ3) is 4.78. The quantitative estimate of drug-likeness (QED) is 0.515. The molecule has 0 aromatic rings. The summed E-state index contributed by atoms with van der Waals surface area (Å²) >= 11 is 0. The zero-order valence-electron chi connectivity index (χ0n) is 9.14. The summed E-state index contributed by atoms with van der Waals surface area (Å²) in [6, 6.07) is 0.118. The fourth-order valence-corrected chi connectivity index (χ4v) is 1.51. The third-order valence-electron chi connectivity index (χ3n) is 2.34. The van der Waals surface area contributed by atoms with Crippen LogP contribution in [0.5, 0.6) is 0 Å². The lowest BCUT2D eigenvalue weighted by Crippen LogP contribution is -2.41. The number of rotatable bonds is 6. The molecule has 0 radical (unpaired) electrons. The van der Waals surface area contributed by atoms with Gasteiger partial charge in [0.2, 0.25) is 11.8 Å². The molecular weight excluding hydrogens is 194 g/mol. The van der Waals surface area contributed by atoms with E-state index in [-0.39, 0.29) is 17.9 Å². The van der Waals surface area contributed by atoms with Crippen LogP contribution in [0.15, 0.2) is 0 Å². The molecule has 1 saturated heterocycles. The Labute approximate surface area is 90.0 Å². The molecule has 0 aromatic carbocycles. The van der Waals surface area contributed by atoms with E-state index < -0.39 is 0 Å². The Hall–Kier alpha value is -1.10. The standard InChI is InChI=1S/C10H19N3O2/c1-2-5-11-7-10(15)12-6-8-3-4-9(14)13-8/h8,11H,2-7H2,1H3,(H,12,15)(H,13,14). The van der Waals surface area contributed by atoms with Gasteiger partial charge in [-0.2, -0.15) is 0 Å². The molecule has 1 unspecified atom stereocenters. The molecule has 5 heteroatoms. The van der Waals surface area contributed by atoms with Crippen LogP contribution < -0.4 is 16.0 Å². The van der Waals surface area contributed by atoms with Crippen LogP contribution in [0.2, 0.25) is 0 Å². The fourth-order valence-electron chi connectivity index (χ4n) is 1.51. The van der Waals surface area contributed by atoms with Crippen molar-refractivity contribution in [3.05, 3.63) is 0 Å². The highest BCUT2D eigenvalue weighted by Gasteiger charge is 2.20. The minimum atomic E-state index is -0.00963. The van der Waals surface area contributed by atoms with E-state index in [4.69, 9.17) is 0 Å². The van der Waals surface area contributed by atoms with Crippen LogP contribution in [0.3, 0.4) is 0 Å². The second-order valence-electron chi connectivity index (χ2n) is 3.78. The topological polar surface area (TPSA) is 70.2 Å². The maximum Gasteiger partial charge on any atom is 0.234 e. The van der Waals surface area contributed by atoms with Gasteiger partial charge in [-0.1, -0.05) is 6.92 Å². The van der Waals surface area contributed by atoms with Crippen molar-refractivity contribution in [3.8, 4) is 0 Å². The highest BCUT2D eigenvalue weighted by Crippen LogP contribution is 2.04. The summed E-state index contributed by atoms with van der Waals surface area (Å²) in [5.41, 5.74) is 0. The first-order chi connectivity index (χ1) is 7.22. The SMILES string of the molecule is CCCNCC(=O)NCC1CCC(=O)N1. The molecule has 2 amide bonds. The van der Waals surface area contributed by atoms with Crippen molar-refractivity contribution in [1.29, 1.82) is 0 Å². The Balaban J connectivity index is 2.03. The van der Waals surface area contributed by atoms with E-state index in [0.29, 0.717) is 19.5 Å². The van der Waals surface area contributed by atoms with Crippen LogP contribution in [0.4, 0.5) is 0 Å². The van der Waals surface area contributed by atoms with Gasteiger partial charge in [-0.3, -0.25) is 9.59 Å². The summed E-state index contributed by atoms with van der Waals surface area (Å²) in [6.45, 7) is 3.80. The molecule has 1 aliphatic rings. The molecule has 1 aliphatic heterocycles. The van der Waals surface area contributed by atoms with Gasteiger partial charge >= 0.3 is 0 Å². The largest absolute Gasteiger partial charge is 0.353 e. The first kappa shape index (κ1) is 12.0. The minimum absolute atomic E-state index is 0.00963. The Kier molecular flexibility index (Phi) is 5.10. The van der Waals surface area contributed by atoms with Gasteiger partial charge < -0.3 is 16.0 Å². The van der Waals surface area contributed by atoms with Crippen molar-refractivity contribution in [3.63, 3.8) is 0 Å². The minimum Gasteiger partial charge on any atom is -0.353 e. The Morgan fingerprint density at radius 2 is 2.40 bits per heavy atom. The van der Waals surface area contributed by atoms with Gasteiger partial charge in [-0.25, -0.2) is 0 Å². The molecule has 5 nitrogen and oxygen atoms in total. The van der Waals surface area contributed by atoms with Gasteiger partial charge in [0, 0.05) is 19.0 Å². The van der Waals surface area contributed by atoms with Crippen LogP contribution in [0.1, 0.15) is 26.2 Å². The molecule has 86 valence electrons. The van der Waals surface area contributed by atoms with Crippen molar-refractivity contribution in [2.45, 2.75) is 32.2 Å². The average Bonchev–Trinajstić information content (AvgIpc) is 2.62. The van der Waals surface area contributed by atoms with Crippen molar-refractivity contribution >= 4 is 11.8 Å². The van der Waals surface area contributed by atoms with E-state index in [1.807, 2.05) is 0 Å². The van der Waals surface area contributed by atoms with Crippen molar-refractivity contribution in [1.82, 2.24) is 16.0 Å². The maximum absolute atomic E-state index is 11.3. The lowest BCUT2D eigenvalue weighted by molar-refractivity contribution is -0.121. The molecule has 15 heavy (non-hydrogen) atoms. The van der Waals surface area contributed by atoms with Gasteiger partial charge in [0.15, 0.2) is 0 Å². The molecule has 3 N–H and O–H groups in total. The molecule has 0 aromatic heterocycles. The first-order valence-corrected chi connectivity index (χ1v) is 5.49. The molecule has 1 atom stereocenters. The second kappa shape index (κ2) is 6.40. The Morgan fingerprint density at radius 1 is 1.60 bits per heavy atom. The van der Waals surface area contributed by atoms with E-state index in [1.54, 1.807) is 0 Å². The highest BCUT2D eigenvalue weighted by molar-refractivity contribution is 5.79. The fraction of sp³-hybridized carbons (Fsp3) is 0.800. The third-order valence-corrected chi connectivity index (χ3v) is 2.34. The summed E-state index contributed by atoms with van der Waals surface area (Å²) < 4.78 is 0. The number of hydrogen-bond acceptors (Lipinski definition) is 3. The lowest BCUT2D eigenvalue weighted by Gasteiger charge is -2.11. The van der Waals surface area contributed by atoms with Crippen LogP contribution in [-0.4, -0.2) is 37.5 Å². The van der Waals surface area contributed by atoms with Crippen molar-refractivity contribution < 1.29 is 9.59 Å². The molecule has 0 saturated carbocycles. The maximum atomic E-state index is 11.3. The Bertz CT molecular complexity index is 231. The summed E-state index contributed by atoms with van der Waals surface area (Å²) in [7, 11) is 0. The van der Waals surface area contributed by atoms with Crippen molar-refractivity contribution in [2.24, 2.45) is 0 Å². The predicted octanol–water partition coefficient (Wildman–Crippen LogP) is -0.619. The van der Waals surface area contributed by atoms with E-state index in [0.717, 1.165) is 19.4 Å². The smallest absolute Gasteiger partial charge is 0.234 e. The number of carbonyl (C=O) groups is 2. The van der Waals surface area contributed by atoms with Crippen molar-refractivity contribution in [2.75, 3.05) is 19.6 Å². The lowest BCUT2D eigenvalue weighted by atomic mass is 10.2. The Morgan fingerprint density at radius 3 is 3.00 bits per heavy atom. The second-order valence-corrected chi connectivity index (χ2v) is 3.78. The van der Waals surface area contributed by atoms with E-state index >= 15 is 0 Å². The van der Waals surface area contributed by atoms with E-state index in [1.165, 1.54) is 0 Å². The average molecular weight is 213 g/mol. The summed E-state index contributed by atoms with van der Waals surface area (Å²) in [4.78, 5) is 22.1. The van der Waals surface area contributed by atoms with Crippen LogP contribution >= 0.6 is 0 Å². The molecular formula is C10H19N3O2. The van der Waals surface area contributed by atoms with Crippen LogP contribution in [0, 0.1) is 0 Å². The first-order valence-electron chi connectivity index (χ1n) is 5.49. The molecule has 0 bridgehead atoms. The van der Waals surface area contributed by atoms with E-state index in [2.05, 4.69) is 22.9 Å². The summed E-state index contributed by atoms with van der Waals surface area (Å²) in [6.07, 6.45) is 2.42. The number of hydrogen-bond donors (Lipinski definition) is 3. The summed E-state index contributed by atoms with van der Waals surface area (Å²) in [5.74, 6) is 0.0722. The molecule has 1 heterocycles. The van der Waals surface area contributed by atoms with Gasteiger partial charge in [0.05, 0.1) is 6.54 Å². The molecule has 0 aliphatic carbocycles. The van der Waals surface area contributed by atoms with Gasteiger partial charge in [-0.05, 0) is 19.4 Å². The zero-order chi connectivity index (χ0) is 11.1. The number of carbonyl (C=O) groups excluding carboxylic acids is 2. The number of nitrogens with one attached hydrogen (secondary N) is 3. The number of amides is 2. The van der Waals surface area contributed by atoms with Crippen LogP contribution in [0.25, 0.3) is 0 Å². The summed E-state index contributed by atoms with van der Waals surface area (Å²) in [5, 5.41) is 8.61. The molecule has 1 fully saturated rings. The van der Waals surface area contributed by atoms with E-state index in [9.17, 15) is 9.59 Å². The monoisotopic (exact) mass is 213 g/mol. The van der Waals surface area contributed by atoms with Gasteiger partial charge in [0.25, 0.3) is 0 Å². The molecule has 1 rings (SSSR count). The van der Waals surface area contributed by atoms with Crippen LogP contribution in [-0.2, 0) is 9.59 Å². The zero-order valence-corrected chi connectivity index (χ0v) is 9.14. The van der Waals surface area contributed by atoms with Gasteiger partial charge in [-0.15, -0.1) is 0 Å².